The number of oxime groups is 1. The predicted molar refractivity (Wildman–Crippen MR) is 61.8 cm³/mol. The van der Waals surface area contributed by atoms with Crippen LogP contribution in [0.1, 0.15) is 12.0 Å². The Labute approximate surface area is 94.8 Å². The van der Waals surface area contributed by atoms with E-state index in [0.29, 0.717) is 35.1 Å². The van der Waals surface area contributed by atoms with Crippen LogP contribution in [0.5, 0.6) is 0 Å². The number of benzene rings is 1. The van der Waals surface area contributed by atoms with Gasteiger partial charge in [-0.2, -0.15) is 0 Å². The third-order valence-electron chi connectivity index (χ3n) is 3.02. The zero-order valence-corrected chi connectivity index (χ0v) is 8.80. The number of aromatic amines is 1. The fourth-order valence-corrected chi connectivity index (χ4v) is 2.25. The number of hydrogen-bond acceptors (Lipinski definition) is 4. The summed E-state index contributed by atoms with van der Waals surface area (Å²) in [7, 11) is 0. The normalized spacial score (nSPS) is 16.6. The number of hydrogen-bond donors (Lipinski definition) is 2. The van der Waals surface area contributed by atoms with Crippen molar-refractivity contribution in [1.82, 2.24) is 9.55 Å². The molecule has 2 aromatic rings. The molecule has 17 heavy (non-hydrogen) atoms. The van der Waals surface area contributed by atoms with Crippen molar-refractivity contribution in [2.75, 3.05) is 0 Å². The summed E-state index contributed by atoms with van der Waals surface area (Å²) in [4.78, 5) is 25.6. The summed E-state index contributed by atoms with van der Waals surface area (Å²) in [6.07, 6.45) is 0.467. The molecule has 2 heterocycles. The van der Waals surface area contributed by atoms with Crippen molar-refractivity contribution in [2.45, 2.75) is 13.0 Å². The van der Waals surface area contributed by atoms with Crippen LogP contribution < -0.4 is 11.2 Å². The lowest BCUT2D eigenvalue weighted by atomic mass is 10.0. The van der Waals surface area contributed by atoms with Crippen LogP contribution in [0.3, 0.4) is 0 Å². The smallest absolute Gasteiger partial charge is 0.328 e. The molecule has 0 bridgehead atoms. The van der Waals surface area contributed by atoms with E-state index >= 15 is 0 Å². The number of H-pyrrole nitrogens is 1. The topological polar surface area (TPSA) is 87.5 Å². The first-order valence-electron chi connectivity index (χ1n) is 5.19. The molecule has 0 saturated carbocycles. The van der Waals surface area contributed by atoms with Crippen LogP contribution in [-0.4, -0.2) is 20.5 Å². The van der Waals surface area contributed by atoms with E-state index in [4.69, 9.17) is 5.21 Å². The van der Waals surface area contributed by atoms with E-state index < -0.39 is 11.2 Å². The summed E-state index contributed by atoms with van der Waals surface area (Å²) in [5.74, 6) is 0. The molecule has 0 saturated heterocycles. The van der Waals surface area contributed by atoms with Crippen molar-refractivity contribution < 1.29 is 5.21 Å². The van der Waals surface area contributed by atoms with E-state index in [2.05, 4.69) is 10.1 Å². The molecule has 1 aliphatic rings. The zero-order chi connectivity index (χ0) is 12.0. The van der Waals surface area contributed by atoms with Gasteiger partial charge in [-0.25, -0.2) is 4.79 Å². The SMILES string of the molecule is O=c1[nH]c(=O)n2c3c(cccc13)C(=NO)CC2. The Hall–Kier alpha value is -2.37. The summed E-state index contributed by atoms with van der Waals surface area (Å²) in [6.45, 7) is 0.405. The van der Waals surface area contributed by atoms with Gasteiger partial charge in [0.1, 0.15) is 0 Å². The van der Waals surface area contributed by atoms with Gasteiger partial charge < -0.3 is 5.21 Å². The molecule has 0 aliphatic carbocycles. The molecule has 0 amide bonds. The highest BCUT2D eigenvalue weighted by Gasteiger charge is 2.20. The molecule has 0 radical (unpaired) electrons. The van der Waals surface area contributed by atoms with Crippen LogP contribution in [0, 0.1) is 0 Å². The fraction of sp³-hybridized carbons (Fsp3) is 0.182. The van der Waals surface area contributed by atoms with Gasteiger partial charge in [0.2, 0.25) is 0 Å². The third-order valence-corrected chi connectivity index (χ3v) is 3.02. The van der Waals surface area contributed by atoms with Crippen LogP contribution in [-0.2, 0) is 6.54 Å². The Morgan fingerprint density at radius 2 is 2.18 bits per heavy atom. The molecule has 3 rings (SSSR count). The molecule has 1 aliphatic heterocycles. The van der Waals surface area contributed by atoms with Crippen molar-refractivity contribution in [1.29, 1.82) is 0 Å². The van der Waals surface area contributed by atoms with Crippen molar-refractivity contribution in [2.24, 2.45) is 5.16 Å². The lowest BCUT2D eigenvalue weighted by Gasteiger charge is -2.18. The molecule has 86 valence electrons. The zero-order valence-electron chi connectivity index (χ0n) is 8.80. The maximum Gasteiger partial charge on any atom is 0.328 e. The molecular weight excluding hydrogens is 222 g/mol. The maximum atomic E-state index is 11.7. The van der Waals surface area contributed by atoms with Gasteiger partial charge in [-0.15, -0.1) is 0 Å². The van der Waals surface area contributed by atoms with Gasteiger partial charge >= 0.3 is 5.69 Å². The second-order valence-electron chi connectivity index (χ2n) is 3.91. The summed E-state index contributed by atoms with van der Waals surface area (Å²) >= 11 is 0. The van der Waals surface area contributed by atoms with Gasteiger partial charge in [-0.3, -0.25) is 14.3 Å². The Morgan fingerprint density at radius 1 is 1.35 bits per heavy atom. The van der Waals surface area contributed by atoms with E-state index in [1.54, 1.807) is 18.2 Å². The van der Waals surface area contributed by atoms with Crippen LogP contribution in [0.4, 0.5) is 0 Å². The Morgan fingerprint density at radius 3 is 2.94 bits per heavy atom. The van der Waals surface area contributed by atoms with Gasteiger partial charge in [0.15, 0.2) is 0 Å². The molecule has 0 atom stereocenters. The first-order valence-corrected chi connectivity index (χ1v) is 5.19. The summed E-state index contributed by atoms with van der Waals surface area (Å²) in [5.41, 5.74) is 0.842. The van der Waals surface area contributed by atoms with Crippen LogP contribution in [0.15, 0.2) is 32.9 Å². The molecule has 6 heteroatoms. The van der Waals surface area contributed by atoms with Gasteiger partial charge in [-0.1, -0.05) is 17.3 Å². The van der Waals surface area contributed by atoms with Crippen LogP contribution >= 0.6 is 0 Å². The Bertz CT molecular complexity index is 755. The highest BCUT2D eigenvalue weighted by atomic mass is 16.4. The van der Waals surface area contributed by atoms with E-state index in [0.717, 1.165) is 0 Å². The van der Waals surface area contributed by atoms with E-state index in [1.807, 2.05) is 0 Å². The van der Waals surface area contributed by atoms with Gasteiger partial charge in [0.05, 0.1) is 16.6 Å². The first kappa shape index (κ1) is 9.83. The minimum atomic E-state index is -0.424. The Kier molecular flexibility index (Phi) is 1.91. The summed E-state index contributed by atoms with van der Waals surface area (Å²) < 4.78 is 1.50. The highest BCUT2D eigenvalue weighted by Crippen LogP contribution is 2.21. The number of nitrogens with zero attached hydrogens (tertiary/aromatic N) is 2. The molecule has 6 nitrogen and oxygen atoms in total. The predicted octanol–water partition coefficient (Wildman–Crippen LogP) is 0.272. The van der Waals surface area contributed by atoms with Crippen molar-refractivity contribution in [3.63, 3.8) is 0 Å². The lowest BCUT2D eigenvalue weighted by Crippen LogP contribution is -2.34. The molecule has 0 fully saturated rings. The van der Waals surface area contributed by atoms with Crippen molar-refractivity contribution in [3.05, 3.63) is 44.6 Å². The van der Waals surface area contributed by atoms with Gasteiger partial charge in [0.25, 0.3) is 5.56 Å². The number of para-hydroxylation sites is 1. The summed E-state index contributed by atoms with van der Waals surface area (Å²) in [6, 6.07) is 5.10. The molecule has 1 aromatic heterocycles. The third kappa shape index (κ3) is 1.24. The first-order chi connectivity index (χ1) is 8.22. The monoisotopic (exact) mass is 231 g/mol. The van der Waals surface area contributed by atoms with Gasteiger partial charge in [0, 0.05) is 18.5 Å². The Balaban J connectivity index is 2.61. The van der Waals surface area contributed by atoms with Crippen LogP contribution in [0.2, 0.25) is 0 Å². The largest absolute Gasteiger partial charge is 0.411 e. The highest BCUT2D eigenvalue weighted by molar-refractivity contribution is 6.10. The van der Waals surface area contributed by atoms with E-state index in [9.17, 15) is 9.59 Å². The van der Waals surface area contributed by atoms with E-state index in [1.165, 1.54) is 4.57 Å². The molecule has 0 spiro atoms. The van der Waals surface area contributed by atoms with Crippen molar-refractivity contribution in [3.8, 4) is 0 Å². The number of nitrogens with one attached hydrogen (secondary N) is 1. The standard InChI is InChI=1S/C11H9N3O3/c15-10-7-3-1-2-6-8(13-17)4-5-14(9(6)7)11(16)12-10/h1-3,17H,4-5H2,(H,12,15,16). The molecule has 1 aromatic carbocycles. The number of aryl methyl sites for hydroxylation is 1. The summed E-state index contributed by atoms with van der Waals surface area (Å²) in [5, 5.41) is 12.6. The van der Waals surface area contributed by atoms with Crippen LogP contribution in [0.25, 0.3) is 10.9 Å². The fourth-order valence-electron chi connectivity index (χ4n) is 2.25. The maximum absolute atomic E-state index is 11.7. The second kappa shape index (κ2) is 3.31. The molecular formula is C11H9N3O3. The molecule has 0 unspecified atom stereocenters. The number of rotatable bonds is 0. The lowest BCUT2D eigenvalue weighted by molar-refractivity contribution is 0.317. The molecule has 2 N–H and O–H groups in total. The average molecular weight is 231 g/mol. The second-order valence-corrected chi connectivity index (χ2v) is 3.91. The quantitative estimate of drug-likeness (QED) is 0.504. The number of aromatic nitrogens is 2. The van der Waals surface area contributed by atoms with Gasteiger partial charge in [-0.05, 0) is 6.07 Å². The minimum absolute atomic E-state index is 0.405. The van der Waals surface area contributed by atoms with E-state index in [-0.39, 0.29) is 0 Å². The minimum Gasteiger partial charge on any atom is -0.411 e. The van der Waals surface area contributed by atoms with Crippen molar-refractivity contribution >= 4 is 16.6 Å². The average Bonchev–Trinajstić information content (AvgIpc) is 2.35.